The van der Waals surface area contributed by atoms with Gasteiger partial charge in [-0.1, -0.05) is 13.3 Å². The fourth-order valence-electron chi connectivity index (χ4n) is 1.55. The molecule has 0 radical (unpaired) electrons. The van der Waals surface area contributed by atoms with E-state index in [0.29, 0.717) is 16.6 Å². The molecule has 0 spiro atoms. The maximum atomic E-state index is 12.2. The van der Waals surface area contributed by atoms with Gasteiger partial charge in [-0.15, -0.1) is 0 Å². The first kappa shape index (κ1) is 16.1. The summed E-state index contributed by atoms with van der Waals surface area (Å²) in [4.78, 5) is 13.7. The summed E-state index contributed by atoms with van der Waals surface area (Å²) >= 11 is 3.25. The molecule has 1 rings (SSSR count). The average molecular weight is 349 g/mol. The summed E-state index contributed by atoms with van der Waals surface area (Å²) in [6, 6.07) is 4.17. The molecule has 7 heteroatoms. The fourth-order valence-corrected chi connectivity index (χ4v) is 2.50. The Bertz CT molecular complexity index is 572. The summed E-state index contributed by atoms with van der Waals surface area (Å²) in [6.07, 6.45) is 1.88. The van der Waals surface area contributed by atoms with Crippen LogP contribution in [0.15, 0.2) is 27.6 Å². The molecule has 0 unspecified atom stereocenters. The molecule has 0 atom stereocenters. The molecule has 0 saturated heterocycles. The number of carbonyl (C=O) groups is 1. The molecule has 5 nitrogen and oxygen atoms in total. The molecule has 106 valence electrons. The Balaban J connectivity index is 3.09. The second kappa shape index (κ2) is 6.49. The largest absolute Gasteiger partial charge is 0.342 e. The van der Waals surface area contributed by atoms with E-state index in [1.165, 1.54) is 18.2 Å². The highest BCUT2D eigenvalue weighted by Crippen LogP contribution is 2.21. The van der Waals surface area contributed by atoms with Crippen LogP contribution in [0.5, 0.6) is 0 Å². The summed E-state index contributed by atoms with van der Waals surface area (Å²) in [6.45, 7) is 2.66. The Hall–Kier alpha value is -0.920. The zero-order chi connectivity index (χ0) is 14.6. The minimum atomic E-state index is -3.81. The van der Waals surface area contributed by atoms with Crippen molar-refractivity contribution in [3.63, 3.8) is 0 Å². The zero-order valence-electron chi connectivity index (χ0n) is 10.9. The predicted molar refractivity (Wildman–Crippen MR) is 77.4 cm³/mol. The number of halogens is 1. The van der Waals surface area contributed by atoms with Crippen LogP contribution in [-0.2, 0) is 10.0 Å². The number of nitrogens with zero attached hydrogens (tertiary/aromatic N) is 1. The molecule has 0 fully saturated rings. The van der Waals surface area contributed by atoms with Gasteiger partial charge in [-0.3, -0.25) is 4.79 Å². The summed E-state index contributed by atoms with van der Waals surface area (Å²) in [5.41, 5.74) is 0.296. The topological polar surface area (TPSA) is 80.5 Å². The van der Waals surface area contributed by atoms with Crippen molar-refractivity contribution in [2.45, 2.75) is 24.7 Å². The third-order valence-corrected chi connectivity index (χ3v) is 4.29. The van der Waals surface area contributed by atoms with E-state index >= 15 is 0 Å². The van der Waals surface area contributed by atoms with Crippen molar-refractivity contribution >= 4 is 31.9 Å². The molecule has 0 heterocycles. The number of sulfonamides is 1. The van der Waals surface area contributed by atoms with E-state index in [9.17, 15) is 13.2 Å². The number of carbonyl (C=O) groups excluding carboxylic acids is 1. The number of benzene rings is 1. The standard InChI is InChI=1S/C12H17BrN2O3S/c1-3-4-7-15(2)12(16)10-8-9(19(14,17)18)5-6-11(10)13/h5-6,8H,3-4,7H2,1-2H3,(H2,14,17,18). The van der Waals surface area contributed by atoms with Gasteiger partial charge in [0.05, 0.1) is 10.5 Å². The lowest BCUT2D eigenvalue weighted by molar-refractivity contribution is 0.0792. The van der Waals surface area contributed by atoms with Crippen molar-refractivity contribution in [1.82, 2.24) is 4.90 Å². The van der Waals surface area contributed by atoms with Crippen LogP contribution >= 0.6 is 15.9 Å². The number of unbranched alkanes of at least 4 members (excludes halogenated alkanes) is 1. The molecule has 0 bridgehead atoms. The quantitative estimate of drug-likeness (QED) is 0.883. The molecule has 1 aromatic carbocycles. The smallest absolute Gasteiger partial charge is 0.254 e. The third kappa shape index (κ3) is 4.29. The average Bonchev–Trinajstić information content (AvgIpc) is 2.34. The van der Waals surface area contributed by atoms with E-state index in [1.54, 1.807) is 11.9 Å². The summed E-state index contributed by atoms with van der Waals surface area (Å²) in [5.74, 6) is -0.231. The van der Waals surface area contributed by atoms with E-state index in [0.717, 1.165) is 12.8 Å². The van der Waals surface area contributed by atoms with E-state index < -0.39 is 10.0 Å². The van der Waals surface area contributed by atoms with Gasteiger partial charge in [-0.25, -0.2) is 13.6 Å². The normalized spacial score (nSPS) is 11.4. The highest BCUT2D eigenvalue weighted by molar-refractivity contribution is 9.10. The van der Waals surface area contributed by atoms with Crippen molar-refractivity contribution in [3.05, 3.63) is 28.2 Å². The number of amides is 1. The molecule has 0 aliphatic heterocycles. The van der Waals surface area contributed by atoms with Gasteiger partial charge in [-0.2, -0.15) is 0 Å². The van der Waals surface area contributed by atoms with Gasteiger partial charge >= 0.3 is 0 Å². The van der Waals surface area contributed by atoms with Gasteiger partial charge < -0.3 is 4.90 Å². The summed E-state index contributed by atoms with van der Waals surface area (Å²) in [5, 5.41) is 5.06. The number of primary sulfonamides is 1. The number of hydrogen-bond donors (Lipinski definition) is 1. The molecule has 0 aromatic heterocycles. The monoisotopic (exact) mass is 348 g/mol. The maximum absolute atomic E-state index is 12.2. The predicted octanol–water partition coefficient (Wildman–Crippen LogP) is 1.97. The van der Waals surface area contributed by atoms with Crippen LogP contribution in [0.3, 0.4) is 0 Å². The molecule has 1 amide bonds. The molecule has 19 heavy (non-hydrogen) atoms. The zero-order valence-corrected chi connectivity index (χ0v) is 13.3. The van der Waals surface area contributed by atoms with Crippen LogP contribution in [-0.4, -0.2) is 32.8 Å². The van der Waals surface area contributed by atoms with Crippen molar-refractivity contribution in [1.29, 1.82) is 0 Å². The van der Waals surface area contributed by atoms with E-state index in [-0.39, 0.29) is 10.8 Å². The van der Waals surface area contributed by atoms with Crippen molar-refractivity contribution in [2.75, 3.05) is 13.6 Å². The minimum absolute atomic E-state index is 0.0667. The first-order valence-electron chi connectivity index (χ1n) is 5.85. The van der Waals surface area contributed by atoms with E-state index in [2.05, 4.69) is 15.9 Å². The Morgan fingerprint density at radius 2 is 2.05 bits per heavy atom. The Kier molecular flexibility index (Phi) is 5.51. The molecule has 0 aliphatic carbocycles. The Morgan fingerprint density at radius 3 is 2.58 bits per heavy atom. The van der Waals surface area contributed by atoms with Crippen molar-refractivity contribution in [3.8, 4) is 0 Å². The van der Waals surface area contributed by atoms with Gasteiger partial charge in [0.25, 0.3) is 5.91 Å². The first-order chi connectivity index (χ1) is 8.77. The molecule has 0 saturated carbocycles. The van der Waals surface area contributed by atoms with E-state index in [4.69, 9.17) is 5.14 Å². The highest BCUT2D eigenvalue weighted by Gasteiger charge is 2.18. The van der Waals surface area contributed by atoms with Crippen LogP contribution in [0, 0.1) is 0 Å². The lowest BCUT2D eigenvalue weighted by Gasteiger charge is -2.18. The molecule has 2 N–H and O–H groups in total. The van der Waals surface area contributed by atoms with Crippen LogP contribution in [0.4, 0.5) is 0 Å². The highest BCUT2D eigenvalue weighted by atomic mass is 79.9. The Morgan fingerprint density at radius 1 is 1.42 bits per heavy atom. The molecule has 1 aromatic rings. The summed E-state index contributed by atoms with van der Waals surface area (Å²) < 4.78 is 23.1. The van der Waals surface area contributed by atoms with E-state index in [1.807, 2.05) is 6.92 Å². The lowest BCUT2D eigenvalue weighted by atomic mass is 10.2. The lowest BCUT2D eigenvalue weighted by Crippen LogP contribution is -2.28. The second-order valence-corrected chi connectivity index (χ2v) is 6.68. The van der Waals surface area contributed by atoms with Gasteiger partial charge in [0.1, 0.15) is 0 Å². The van der Waals surface area contributed by atoms with Gasteiger partial charge in [0.15, 0.2) is 0 Å². The number of rotatable bonds is 5. The fraction of sp³-hybridized carbons (Fsp3) is 0.417. The van der Waals surface area contributed by atoms with Crippen molar-refractivity contribution in [2.24, 2.45) is 5.14 Å². The maximum Gasteiger partial charge on any atom is 0.254 e. The van der Waals surface area contributed by atoms with Gasteiger partial charge in [0.2, 0.25) is 10.0 Å². The van der Waals surface area contributed by atoms with Crippen LogP contribution in [0.1, 0.15) is 30.1 Å². The SMILES string of the molecule is CCCCN(C)C(=O)c1cc(S(N)(=O)=O)ccc1Br. The van der Waals surface area contributed by atoms with Crippen molar-refractivity contribution < 1.29 is 13.2 Å². The third-order valence-electron chi connectivity index (χ3n) is 2.69. The second-order valence-electron chi connectivity index (χ2n) is 4.27. The molecular weight excluding hydrogens is 332 g/mol. The number of nitrogens with two attached hydrogens (primary N) is 1. The van der Waals surface area contributed by atoms with Gasteiger partial charge in [0, 0.05) is 18.1 Å². The van der Waals surface area contributed by atoms with Crippen LogP contribution in [0.2, 0.25) is 0 Å². The first-order valence-corrected chi connectivity index (χ1v) is 8.19. The Labute approximate surface area is 122 Å². The minimum Gasteiger partial charge on any atom is -0.342 e. The summed E-state index contributed by atoms with van der Waals surface area (Å²) in [7, 11) is -2.12. The molecular formula is C12H17BrN2O3S. The van der Waals surface area contributed by atoms with Gasteiger partial charge in [-0.05, 0) is 40.5 Å². The van der Waals surface area contributed by atoms with Crippen LogP contribution < -0.4 is 5.14 Å². The van der Waals surface area contributed by atoms with Crippen LogP contribution in [0.25, 0.3) is 0 Å². The molecule has 0 aliphatic rings. The number of hydrogen-bond acceptors (Lipinski definition) is 3.